The van der Waals surface area contributed by atoms with Gasteiger partial charge in [0.2, 0.25) is 0 Å². The highest BCUT2D eigenvalue weighted by Gasteiger charge is 2.42. The second kappa shape index (κ2) is 5.93. The molecule has 104 valence electrons. The summed E-state index contributed by atoms with van der Waals surface area (Å²) < 4.78 is 43.5. The number of hydrogen-bond acceptors (Lipinski definition) is 3. The molecule has 2 rings (SSSR count). The fourth-order valence-corrected chi connectivity index (χ4v) is 1.80. The number of alkyl halides is 3. The molecule has 1 aromatic rings. The Morgan fingerprint density at radius 3 is 2.67 bits per heavy atom. The summed E-state index contributed by atoms with van der Waals surface area (Å²) in [5.74, 6) is -0.653. The standard InChI is InChI=1S/C11H15F3N2O.ClH/c1-15-5-4-8(11(12,13)14)9-6-10(17-16-9)7-2-3-7;/h6-8,15H,2-5H2,1H3;1H. The van der Waals surface area contributed by atoms with Gasteiger partial charge in [0.1, 0.15) is 11.7 Å². The summed E-state index contributed by atoms with van der Waals surface area (Å²) in [7, 11) is 1.63. The number of hydrogen-bond donors (Lipinski definition) is 1. The van der Waals surface area contributed by atoms with Crippen LogP contribution in [0.25, 0.3) is 0 Å². The van der Waals surface area contributed by atoms with Crippen LogP contribution in [-0.2, 0) is 0 Å². The summed E-state index contributed by atoms with van der Waals surface area (Å²) in [6, 6.07) is 1.46. The number of halogens is 4. The van der Waals surface area contributed by atoms with Crippen LogP contribution < -0.4 is 5.32 Å². The van der Waals surface area contributed by atoms with Crippen LogP contribution in [-0.4, -0.2) is 24.9 Å². The maximum Gasteiger partial charge on any atom is 0.397 e. The predicted octanol–water partition coefficient (Wildman–Crippen LogP) is 3.23. The lowest BCUT2D eigenvalue weighted by molar-refractivity contribution is -0.152. The highest BCUT2D eigenvalue weighted by Crippen LogP contribution is 2.43. The maximum absolute atomic E-state index is 12.8. The average Bonchev–Trinajstić information content (AvgIpc) is 2.98. The van der Waals surface area contributed by atoms with Crippen LogP contribution in [0, 0.1) is 0 Å². The van der Waals surface area contributed by atoms with Crippen molar-refractivity contribution in [2.24, 2.45) is 0 Å². The highest BCUT2D eigenvalue weighted by molar-refractivity contribution is 5.85. The van der Waals surface area contributed by atoms with Gasteiger partial charge in [0, 0.05) is 12.0 Å². The molecule has 0 radical (unpaired) electrons. The van der Waals surface area contributed by atoms with E-state index < -0.39 is 12.1 Å². The van der Waals surface area contributed by atoms with Gasteiger partial charge in [-0.2, -0.15) is 13.2 Å². The Morgan fingerprint density at radius 2 is 2.17 bits per heavy atom. The average molecular weight is 285 g/mol. The van der Waals surface area contributed by atoms with E-state index in [2.05, 4.69) is 10.5 Å². The summed E-state index contributed by atoms with van der Waals surface area (Å²) >= 11 is 0. The Kier molecular flexibility index (Phi) is 5.04. The molecule has 7 heteroatoms. The molecule has 1 fully saturated rings. The monoisotopic (exact) mass is 284 g/mol. The summed E-state index contributed by atoms with van der Waals surface area (Å²) in [6.07, 6.45) is -2.31. The minimum absolute atomic E-state index is 0. The lowest BCUT2D eigenvalue weighted by Crippen LogP contribution is -2.24. The van der Waals surface area contributed by atoms with Crippen molar-refractivity contribution in [2.45, 2.75) is 37.3 Å². The topological polar surface area (TPSA) is 38.1 Å². The van der Waals surface area contributed by atoms with E-state index in [0.29, 0.717) is 12.3 Å². The van der Waals surface area contributed by atoms with Crippen LogP contribution in [0.3, 0.4) is 0 Å². The van der Waals surface area contributed by atoms with Crippen molar-refractivity contribution in [3.8, 4) is 0 Å². The van der Waals surface area contributed by atoms with Gasteiger partial charge in [-0.3, -0.25) is 0 Å². The van der Waals surface area contributed by atoms with Gasteiger partial charge in [-0.05, 0) is 32.9 Å². The molecular weight excluding hydrogens is 269 g/mol. The van der Waals surface area contributed by atoms with E-state index in [1.54, 1.807) is 7.05 Å². The summed E-state index contributed by atoms with van der Waals surface area (Å²) in [6.45, 7) is 0.301. The molecule has 3 nitrogen and oxygen atoms in total. The molecular formula is C11H16ClF3N2O. The van der Waals surface area contributed by atoms with Gasteiger partial charge in [0.25, 0.3) is 0 Å². The van der Waals surface area contributed by atoms with Crippen molar-refractivity contribution in [2.75, 3.05) is 13.6 Å². The van der Waals surface area contributed by atoms with Crippen molar-refractivity contribution < 1.29 is 17.7 Å². The summed E-state index contributed by atoms with van der Waals surface area (Å²) in [5.41, 5.74) is 0.00894. The number of aromatic nitrogens is 1. The van der Waals surface area contributed by atoms with Crippen LogP contribution in [0.4, 0.5) is 13.2 Å². The lowest BCUT2D eigenvalue weighted by atomic mass is 10.0. The van der Waals surface area contributed by atoms with Crippen molar-refractivity contribution >= 4 is 12.4 Å². The van der Waals surface area contributed by atoms with Gasteiger partial charge in [-0.1, -0.05) is 5.16 Å². The molecule has 0 saturated heterocycles. The first-order valence-electron chi connectivity index (χ1n) is 5.70. The normalized spacial score (nSPS) is 17.3. The zero-order valence-electron chi connectivity index (χ0n) is 9.96. The largest absolute Gasteiger partial charge is 0.397 e. The van der Waals surface area contributed by atoms with Crippen molar-refractivity contribution in [1.82, 2.24) is 10.5 Å². The van der Waals surface area contributed by atoms with E-state index in [-0.39, 0.29) is 30.4 Å². The van der Waals surface area contributed by atoms with E-state index in [1.165, 1.54) is 6.07 Å². The van der Waals surface area contributed by atoms with E-state index in [4.69, 9.17) is 4.52 Å². The molecule has 0 amide bonds. The van der Waals surface area contributed by atoms with Crippen LogP contribution >= 0.6 is 12.4 Å². The van der Waals surface area contributed by atoms with E-state index in [0.717, 1.165) is 12.8 Å². The second-order valence-corrected chi connectivity index (χ2v) is 4.41. The van der Waals surface area contributed by atoms with Crippen molar-refractivity contribution in [1.29, 1.82) is 0 Å². The molecule has 1 saturated carbocycles. The third-order valence-electron chi connectivity index (χ3n) is 2.96. The van der Waals surface area contributed by atoms with E-state index in [1.807, 2.05) is 0 Å². The molecule has 1 aliphatic carbocycles. The van der Waals surface area contributed by atoms with Gasteiger partial charge >= 0.3 is 6.18 Å². The molecule has 1 unspecified atom stereocenters. The predicted molar refractivity (Wildman–Crippen MR) is 63.1 cm³/mol. The number of nitrogens with zero attached hydrogens (tertiary/aromatic N) is 1. The summed E-state index contributed by atoms with van der Waals surface area (Å²) in [5, 5.41) is 6.30. The Bertz CT molecular complexity index is 377. The fourth-order valence-electron chi connectivity index (χ4n) is 1.80. The SMILES string of the molecule is CNCCC(c1cc(C2CC2)on1)C(F)(F)F.Cl. The third kappa shape index (κ3) is 3.62. The van der Waals surface area contributed by atoms with Gasteiger partial charge in [0.05, 0.1) is 5.69 Å². The zero-order valence-corrected chi connectivity index (χ0v) is 10.8. The molecule has 0 aromatic carbocycles. The maximum atomic E-state index is 12.8. The van der Waals surface area contributed by atoms with Crippen LogP contribution in [0.1, 0.15) is 42.6 Å². The second-order valence-electron chi connectivity index (χ2n) is 4.41. The number of rotatable bonds is 5. The molecule has 1 aliphatic rings. The quantitative estimate of drug-likeness (QED) is 0.902. The first-order valence-corrected chi connectivity index (χ1v) is 5.70. The molecule has 1 N–H and O–H groups in total. The Balaban J connectivity index is 0.00000162. The Morgan fingerprint density at radius 1 is 1.50 bits per heavy atom. The molecule has 0 aliphatic heterocycles. The lowest BCUT2D eigenvalue weighted by Gasteiger charge is -2.17. The Labute approximate surface area is 110 Å². The highest BCUT2D eigenvalue weighted by atomic mass is 35.5. The third-order valence-corrected chi connectivity index (χ3v) is 2.96. The van der Waals surface area contributed by atoms with Gasteiger partial charge in [-0.25, -0.2) is 0 Å². The molecule has 0 spiro atoms. The molecule has 1 aromatic heterocycles. The first-order chi connectivity index (χ1) is 8.02. The van der Waals surface area contributed by atoms with E-state index >= 15 is 0 Å². The molecule has 18 heavy (non-hydrogen) atoms. The fraction of sp³-hybridized carbons (Fsp3) is 0.727. The molecule has 0 bridgehead atoms. The van der Waals surface area contributed by atoms with Crippen molar-refractivity contribution in [3.63, 3.8) is 0 Å². The summed E-state index contributed by atoms with van der Waals surface area (Å²) in [4.78, 5) is 0. The zero-order chi connectivity index (χ0) is 12.5. The van der Waals surface area contributed by atoms with Crippen LogP contribution in [0.5, 0.6) is 0 Å². The van der Waals surface area contributed by atoms with Crippen molar-refractivity contribution in [3.05, 3.63) is 17.5 Å². The molecule has 1 atom stereocenters. The van der Waals surface area contributed by atoms with Crippen LogP contribution in [0.2, 0.25) is 0 Å². The van der Waals surface area contributed by atoms with Crippen LogP contribution in [0.15, 0.2) is 10.6 Å². The number of nitrogens with one attached hydrogen (secondary N) is 1. The minimum Gasteiger partial charge on any atom is -0.361 e. The van der Waals surface area contributed by atoms with E-state index in [9.17, 15) is 13.2 Å². The Hall–Kier alpha value is -0.750. The van der Waals surface area contributed by atoms with Gasteiger partial charge in [0.15, 0.2) is 0 Å². The van der Waals surface area contributed by atoms with Gasteiger partial charge < -0.3 is 9.84 Å². The minimum atomic E-state index is -4.27. The first kappa shape index (κ1) is 15.3. The molecule has 1 heterocycles. The van der Waals surface area contributed by atoms with Gasteiger partial charge in [-0.15, -0.1) is 12.4 Å². The smallest absolute Gasteiger partial charge is 0.361 e.